The maximum Gasteiger partial charge on any atom is 0.227 e. The maximum absolute atomic E-state index is 12.7. The van der Waals surface area contributed by atoms with Gasteiger partial charge in [0.15, 0.2) is 0 Å². The highest BCUT2D eigenvalue weighted by molar-refractivity contribution is 6.01. The number of amides is 1. The highest BCUT2D eigenvalue weighted by atomic mass is 16.3. The summed E-state index contributed by atoms with van der Waals surface area (Å²) in [5, 5.41) is 22.4. The molecule has 164 valence electrons. The van der Waals surface area contributed by atoms with E-state index in [0.29, 0.717) is 18.9 Å². The van der Waals surface area contributed by atoms with Gasteiger partial charge in [0.05, 0.1) is 24.2 Å². The predicted molar refractivity (Wildman–Crippen MR) is 118 cm³/mol. The molecular formula is C23H30N6O2. The van der Waals surface area contributed by atoms with E-state index in [1.54, 1.807) is 6.20 Å². The monoisotopic (exact) mass is 422 g/mol. The van der Waals surface area contributed by atoms with Crippen molar-refractivity contribution < 1.29 is 9.90 Å². The van der Waals surface area contributed by atoms with Crippen LogP contribution in [0.5, 0.6) is 0 Å². The lowest BCUT2D eigenvalue weighted by Gasteiger charge is -2.30. The summed E-state index contributed by atoms with van der Waals surface area (Å²) in [5.41, 5.74) is 2.27. The van der Waals surface area contributed by atoms with E-state index < -0.39 is 0 Å². The summed E-state index contributed by atoms with van der Waals surface area (Å²) in [6.07, 6.45) is 8.39. The molecule has 3 heterocycles. The van der Waals surface area contributed by atoms with Gasteiger partial charge in [-0.3, -0.25) is 4.79 Å². The number of aliphatic hydroxyl groups is 1. The number of rotatable bonds is 7. The molecule has 1 aliphatic carbocycles. The van der Waals surface area contributed by atoms with Crippen molar-refractivity contribution in [3.8, 4) is 6.07 Å². The number of H-pyrrole nitrogens is 1. The van der Waals surface area contributed by atoms with Crippen LogP contribution >= 0.6 is 0 Å². The predicted octanol–water partition coefficient (Wildman–Crippen LogP) is 3.23. The summed E-state index contributed by atoms with van der Waals surface area (Å²) in [5.74, 6) is 1.10. The largest absolute Gasteiger partial charge is 0.396 e. The summed E-state index contributed by atoms with van der Waals surface area (Å²) in [4.78, 5) is 25.2. The third-order valence-electron chi connectivity index (χ3n) is 6.38. The average Bonchev–Trinajstić information content (AvgIpc) is 3.37. The molecule has 0 radical (unpaired) electrons. The summed E-state index contributed by atoms with van der Waals surface area (Å²) in [6, 6.07) is 4.56. The molecular weight excluding hydrogens is 392 g/mol. The number of imidazole rings is 1. The molecule has 0 saturated heterocycles. The second-order valence-corrected chi connectivity index (χ2v) is 9.44. The van der Waals surface area contributed by atoms with E-state index in [4.69, 9.17) is 10.2 Å². The van der Waals surface area contributed by atoms with Gasteiger partial charge in [-0.25, -0.2) is 9.97 Å². The van der Waals surface area contributed by atoms with Gasteiger partial charge in [0.2, 0.25) is 5.91 Å². The molecule has 0 aromatic carbocycles. The van der Waals surface area contributed by atoms with Gasteiger partial charge >= 0.3 is 0 Å². The van der Waals surface area contributed by atoms with Gasteiger partial charge in [-0.05, 0) is 37.7 Å². The number of hydrogen-bond acceptors (Lipinski definition) is 5. The zero-order chi connectivity index (χ0) is 22.0. The molecule has 0 aliphatic heterocycles. The van der Waals surface area contributed by atoms with Crippen molar-refractivity contribution >= 4 is 28.0 Å². The van der Waals surface area contributed by atoms with Gasteiger partial charge in [0.1, 0.15) is 17.0 Å². The third-order valence-corrected chi connectivity index (χ3v) is 6.38. The van der Waals surface area contributed by atoms with Crippen LogP contribution in [0.4, 0.5) is 0 Å². The molecule has 0 unspecified atom stereocenters. The normalized spacial score (nSPS) is 19.5. The van der Waals surface area contributed by atoms with E-state index in [9.17, 15) is 9.90 Å². The van der Waals surface area contributed by atoms with Crippen molar-refractivity contribution in [2.75, 3.05) is 13.2 Å². The number of carbonyl (C=O) groups is 1. The smallest absolute Gasteiger partial charge is 0.227 e. The quantitative estimate of drug-likeness (QED) is 0.540. The molecule has 1 saturated carbocycles. The number of pyridine rings is 1. The first-order valence-corrected chi connectivity index (χ1v) is 11.0. The Kier molecular flexibility index (Phi) is 5.96. The van der Waals surface area contributed by atoms with Crippen LogP contribution in [0.15, 0.2) is 18.5 Å². The molecule has 31 heavy (non-hydrogen) atoms. The Balaban J connectivity index is 1.66. The Morgan fingerprint density at radius 3 is 2.87 bits per heavy atom. The SMILES string of the molecule is CC(C)(CO)CNC(=O)Cc1nc2cnc3[nH]ccc3c2n1[C@H]1CC[C@@H](CC#N)CC1. The van der Waals surface area contributed by atoms with E-state index in [0.717, 1.165) is 53.6 Å². The van der Waals surface area contributed by atoms with Gasteiger partial charge in [-0.15, -0.1) is 0 Å². The zero-order valence-electron chi connectivity index (χ0n) is 18.2. The maximum atomic E-state index is 12.7. The highest BCUT2D eigenvalue weighted by Gasteiger charge is 2.28. The molecule has 3 aromatic rings. The topological polar surface area (TPSA) is 120 Å². The van der Waals surface area contributed by atoms with Gasteiger partial charge < -0.3 is 20.0 Å². The number of aromatic amines is 1. The van der Waals surface area contributed by atoms with Crippen LogP contribution in [-0.2, 0) is 11.2 Å². The van der Waals surface area contributed by atoms with Crippen LogP contribution in [0.2, 0.25) is 0 Å². The minimum absolute atomic E-state index is 0.00880. The fraction of sp³-hybridized carbons (Fsp3) is 0.565. The third kappa shape index (κ3) is 4.42. The van der Waals surface area contributed by atoms with Gasteiger partial charge in [0, 0.05) is 42.6 Å². The molecule has 0 atom stereocenters. The Morgan fingerprint density at radius 1 is 1.39 bits per heavy atom. The van der Waals surface area contributed by atoms with Crippen molar-refractivity contribution in [2.45, 2.75) is 58.4 Å². The summed E-state index contributed by atoms with van der Waals surface area (Å²) in [7, 11) is 0. The number of nitriles is 1. The summed E-state index contributed by atoms with van der Waals surface area (Å²) in [6.45, 7) is 4.24. The van der Waals surface area contributed by atoms with Crippen molar-refractivity contribution in [2.24, 2.45) is 11.3 Å². The Hall–Kier alpha value is -2.92. The van der Waals surface area contributed by atoms with Crippen molar-refractivity contribution in [1.82, 2.24) is 24.8 Å². The first-order valence-electron chi connectivity index (χ1n) is 11.0. The minimum atomic E-state index is -0.365. The van der Waals surface area contributed by atoms with Gasteiger partial charge in [-0.1, -0.05) is 13.8 Å². The number of aromatic nitrogens is 4. The number of nitrogens with zero attached hydrogens (tertiary/aromatic N) is 4. The molecule has 3 N–H and O–H groups in total. The number of fused-ring (bicyclic) bond motifs is 3. The summed E-state index contributed by atoms with van der Waals surface area (Å²) < 4.78 is 2.24. The van der Waals surface area contributed by atoms with Crippen molar-refractivity contribution in [3.05, 3.63) is 24.3 Å². The minimum Gasteiger partial charge on any atom is -0.396 e. The fourth-order valence-electron chi connectivity index (χ4n) is 4.49. The molecule has 1 amide bonds. The lowest BCUT2D eigenvalue weighted by molar-refractivity contribution is -0.121. The second-order valence-electron chi connectivity index (χ2n) is 9.44. The molecule has 1 aliphatic rings. The van der Waals surface area contributed by atoms with Crippen LogP contribution < -0.4 is 5.32 Å². The zero-order valence-corrected chi connectivity index (χ0v) is 18.2. The number of carbonyl (C=O) groups excluding carboxylic acids is 1. The first kappa shape index (κ1) is 21.3. The van der Waals surface area contributed by atoms with E-state index in [1.807, 2.05) is 26.1 Å². The molecule has 0 spiro atoms. The molecule has 4 rings (SSSR count). The molecule has 0 bridgehead atoms. The van der Waals surface area contributed by atoms with Crippen LogP contribution in [0, 0.1) is 22.7 Å². The first-order chi connectivity index (χ1) is 14.9. The molecule has 8 nitrogen and oxygen atoms in total. The number of nitrogens with one attached hydrogen (secondary N) is 2. The average molecular weight is 423 g/mol. The van der Waals surface area contributed by atoms with Crippen LogP contribution in [0.3, 0.4) is 0 Å². The van der Waals surface area contributed by atoms with E-state index in [2.05, 4.69) is 25.9 Å². The Labute approximate surface area is 181 Å². The summed E-state index contributed by atoms with van der Waals surface area (Å²) >= 11 is 0. The standard InChI is InChI=1S/C23H30N6O2/c1-23(2,14-30)13-27-20(31)11-19-28-18-12-26-22-17(8-10-25-22)21(18)29(19)16-5-3-15(4-6-16)7-9-24/h8,10,12,15-16,30H,3-7,11,13-14H2,1-2H3,(H,25,26)(H,27,31)/t15-,16+. The number of hydrogen-bond donors (Lipinski definition) is 3. The van der Waals surface area contributed by atoms with Crippen LogP contribution in [0.1, 0.15) is 57.8 Å². The van der Waals surface area contributed by atoms with E-state index in [1.165, 1.54) is 0 Å². The van der Waals surface area contributed by atoms with Crippen LogP contribution in [-0.4, -0.2) is 43.7 Å². The Bertz CT molecular complexity index is 1110. The lowest BCUT2D eigenvalue weighted by atomic mass is 9.84. The second kappa shape index (κ2) is 8.67. The fourth-order valence-corrected chi connectivity index (χ4v) is 4.49. The van der Waals surface area contributed by atoms with Gasteiger partial charge in [0.25, 0.3) is 0 Å². The van der Waals surface area contributed by atoms with Crippen molar-refractivity contribution in [1.29, 1.82) is 5.26 Å². The van der Waals surface area contributed by atoms with Crippen LogP contribution in [0.25, 0.3) is 22.1 Å². The van der Waals surface area contributed by atoms with Gasteiger partial charge in [-0.2, -0.15) is 5.26 Å². The van der Waals surface area contributed by atoms with E-state index >= 15 is 0 Å². The molecule has 8 heteroatoms. The molecule has 3 aromatic heterocycles. The highest BCUT2D eigenvalue weighted by Crippen LogP contribution is 2.38. The molecule has 1 fully saturated rings. The van der Waals surface area contributed by atoms with Crippen molar-refractivity contribution in [3.63, 3.8) is 0 Å². The lowest BCUT2D eigenvalue weighted by Crippen LogP contribution is -2.37. The number of aliphatic hydroxyl groups excluding tert-OH is 1. The van der Waals surface area contributed by atoms with E-state index in [-0.39, 0.29) is 30.4 Å². The Morgan fingerprint density at radius 2 is 2.16 bits per heavy atom.